The summed E-state index contributed by atoms with van der Waals surface area (Å²) in [6.07, 6.45) is 7.68. The van der Waals surface area contributed by atoms with Crippen LogP contribution in [0.5, 0.6) is 0 Å². The molecule has 1 unspecified atom stereocenters. The molecule has 2 aromatic rings. The molecule has 7 heteroatoms. The quantitative estimate of drug-likeness (QED) is 0.821. The molecule has 0 amide bonds. The lowest BCUT2D eigenvalue weighted by atomic mass is 10.2. The van der Waals surface area contributed by atoms with E-state index in [2.05, 4.69) is 36.3 Å². The fourth-order valence-corrected chi connectivity index (χ4v) is 2.90. The second kappa shape index (κ2) is 4.66. The van der Waals surface area contributed by atoms with Crippen LogP contribution in [0.25, 0.3) is 0 Å². The third-order valence-corrected chi connectivity index (χ3v) is 4.18. The van der Waals surface area contributed by atoms with Gasteiger partial charge in [0.05, 0.1) is 23.6 Å². The van der Waals surface area contributed by atoms with Crippen LogP contribution < -0.4 is 0 Å². The molecule has 106 valence electrons. The second-order valence-electron chi connectivity index (χ2n) is 5.90. The van der Waals surface area contributed by atoms with Gasteiger partial charge in [-0.1, -0.05) is 5.21 Å². The Kier molecular flexibility index (Phi) is 2.80. The third-order valence-electron chi connectivity index (χ3n) is 4.18. The summed E-state index contributed by atoms with van der Waals surface area (Å²) in [6, 6.07) is 0.451. The number of likely N-dealkylation sites (tertiary alicyclic amines) is 1. The lowest BCUT2D eigenvalue weighted by Gasteiger charge is -2.14. The van der Waals surface area contributed by atoms with Crippen LogP contribution in [0.15, 0.2) is 12.4 Å². The molecule has 20 heavy (non-hydrogen) atoms. The van der Waals surface area contributed by atoms with Crippen LogP contribution >= 0.6 is 0 Å². The highest BCUT2D eigenvalue weighted by atomic mass is 15.5. The summed E-state index contributed by atoms with van der Waals surface area (Å²) in [5, 5.41) is 17.1. The maximum atomic E-state index is 4.34. The Morgan fingerprint density at radius 3 is 2.95 bits per heavy atom. The molecule has 0 N–H and O–H groups in total. The predicted molar refractivity (Wildman–Crippen MR) is 71.9 cm³/mol. The molecule has 1 aliphatic heterocycles. The fraction of sp³-hybridized carbons (Fsp3) is 0.692. The van der Waals surface area contributed by atoms with E-state index in [4.69, 9.17) is 0 Å². The first-order valence-electron chi connectivity index (χ1n) is 7.27. The van der Waals surface area contributed by atoms with Crippen LogP contribution in [0.1, 0.15) is 42.6 Å². The van der Waals surface area contributed by atoms with Gasteiger partial charge in [0.1, 0.15) is 0 Å². The van der Waals surface area contributed by atoms with Crippen molar-refractivity contribution >= 4 is 0 Å². The average Bonchev–Trinajstić information content (AvgIpc) is 2.87. The zero-order chi connectivity index (χ0) is 13.5. The Morgan fingerprint density at radius 1 is 1.30 bits per heavy atom. The minimum absolute atomic E-state index is 0.451. The number of hydrogen-bond donors (Lipinski definition) is 0. The number of hydrogen-bond acceptors (Lipinski definition) is 5. The molecule has 0 aromatic carbocycles. The molecule has 3 heterocycles. The molecule has 0 radical (unpaired) electrons. The van der Waals surface area contributed by atoms with Gasteiger partial charge in [0.25, 0.3) is 0 Å². The van der Waals surface area contributed by atoms with Crippen molar-refractivity contribution in [1.29, 1.82) is 0 Å². The monoisotopic (exact) mass is 273 g/mol. The summed E-state index contributed by atoms with van der Waals surface area (Å²) < 4.78 is 2.06. The molecule has 1 aliphatic carbocycles. The van der Waals surface area contributed by atoms with E-state index in [0.717, 1.165) is 31.7 Å². The van der Waals surface area contributed by atoms with E-state index in [0.29, 0.717) is 12.0 Å². The minimum atomic E-state index is 0.451. The zero-order valence-electron chi connectivity index (χ0n) is 11.7. The summed E-state index contributed by atoms with van der Waals surface area (Å²) in [5.41, 5.74) is 2.21. The summed E-state index contributed by atoms with van der Waals surface area (Å²) in [5.74, 6) is 0.681. The Bertz CT molecular complexity index is 597. The Balaban J connectivity index is 1.39. The van der Waals surface area contributed by atoms with Gasteiger partial charge >= 0.3 is 0 Å². The molecule has 4 rings (SSSR count). The number of aromatic nitrogens is 6. The van der Waals surface area contributed by atoms with Gasteiger partial charge in [0.2, 0.25) is 0 Å². The maximum absolute atomic E-state index is 4.34. The van der Waals surface area contributed by atoms with E-state index in [1.54, 1.807) is 4.80 Å². The van der Waals surface area contributed by atoms with Gasteiger partial charge in [-0.3, -0.25) is 4.90 Å². The Morgan fingerprint density at radius 2 is 2.20 bits per heavy atom. The molecule has 7 nitrogen and oxygen atoms in total. The predicted octanol–water partition coefficient (Wildman–Crippen LogP) is 0.731. The molecule has 0 bridgehead atoms. The Hall–Kier alpha value is -1.76. The molecule has 1 atom stereocenters. The normalized spacial score (nSPS) is 23.6. The van der Waals surface area contributed by atoms with Crippen molar-refractivity contribution in [3.63, 3.8) is 0 Å². The van der Waals surface area contributed by atoms with Crippen molar-refractivity contribution in [2.45, 2.75) is 37.8 Å². The first-order chi connectivity index (χ1) is 9.78. The highest BCUT2D eigenvalue weighted by Crippen LogP contribution is 2.39. The highest BCUT2D eigenvalue weighted by molar-refractivity contribution is 5.09. The maximum Gasteiger partial charge on any atom is 0.0967 e. The van der Waals surface area contributed by atoms with Gasteiger partial charge in [0.15, 0.2) is 0 Å². The molecule has 2 aromatic heterocycles. The third kappa shape index (κ3) is 2.33. The minimum Gasteiger partial charge on any atom is -0.295 e. The zero-order valence-corrected chi connectivity index (χ0v) is 11.7. The second-order valence-corrected chi connectivity index (χ2v) is 5.90. The van der Waals surface area contributed by atoms with Crippen LogP contribution in [-0.2, 0) is 13.6 Å². The van der Waals surface area contributed by atoms with Crippen molar-refractivity contribution in [3.8, 4) is 0 Å². The summed E-state index contributed by atoms with van der Waals surface area (Å²) in [6.45, 7) is 2.97. The van der Waals surface area contributed by atoms with Gasteiger partial charge < -0.3 is 0 Å². The van der Waals surface area contributed by atoms with Crippen LogP contribution in [0.2, 0.25) is 0 Å². The molecule has 2 fully saturated rings. The fourth-order valence-electron chi connectivity index (χ4n) is 2.90. The molecule has 0 spiro atoms. The lowest BCUT2D eigenvalue weighted by molar-refractivity contribution is 0.306. The van der Waals surface area contributed by atoms with Gasteiger partial charge in [0, 0.05) is 38.8 Å². The van der Waals surface area contributed by atoms with Crippen molar-refractivity contribution in [3.05, 3.63) is 23.8 Å². The van der Waals surface area contributed by atoms with Crippen LogP contribution in [0, 0.1) is 0 Å². The molecule has 2 aliphatic rings. The van der Waals surface area contributed by atoms with Crippen molar-refractivity contribution in [1.82, 2.24) is 34.9 Å². The summed E-state index contributed by atoms with van der Waals surface area (Å²) >= 11 is 0. The first-order valence-corrected chi connectivity index (χ1v) is 7.27. The molecular formula is C13H19N7. The van der Waals surface area contributed by atoms with Gasteiger partial charge in [-0.2, -0.15) is 15.0 Å². The van der Waals surface area contributed by atoms with Gasteiger partial charge in [-0.15, -0.1) is 5.10 Å². The number of rotatable bonds is 4. The summed E-state index contributed by atoms with van der Waals surface area (Å²) in [7, 11) is 1.85. The molecular weight excluding hydrogens is 254 g/mol. The first kappa shape index (κ1) is 12.0. The van der Waals surface area contributed by atoms with E-state index in [9.17, 15) is 0 Å². The standard InChI is InChI=1S/C13H19N7/c1-18-14-6-11(16-18)7-19-5-4-12(8-19)20-9-13(15-17-20)10-2-3-10/h6,9-10,12H,2-5,7-8H2,1H3. The topological polar surface area (TPSA) is 64.7 Å². The lowest BCUT2D eigenvalue weighted by Crippen LogP contribution is -2.21. The van der Waals surface area contributed by atoms with Crippen molar-refractivity contribution < 1.29 is 0 Å². The molecule has 1 saturated carbocycles. The van der Waals surface area contributed by atoms with Crippen LogP contribution in [0.4, 0.5) is 0 Å². The highest BCUT2D eigenvalue weighted by Gasteiger charge is 2.29. The van der Waals surface area contributed by atoms with E-state index in [1.807, 2.05) is 13.2 Å². The average molecular weight is 273 g/mol. The van der Waals surface area contributed by atoms with Crippen LogP contribution in [-0.4, -0.2) is 48.0 Å². The summed E-state index contributed by atoms with van der Waals surface area (Å²) in [4.78, 5) is 4.02. The van der Waals surface area contributed by atoms with Gasteiger partial charge in [-0.25, -0.2) is 4.68 Å². The van der Waals surface area contributed by atoms with E-state index < -0.39 is 0 Å². The van der Waals surface area contributed by atoms with Crippen molar-refractivity contribution in [2.75, 3.05) is 13.1 Å². The molecule has 1 saturated heterocycles. The number of aryl methyl sites for hydroxylation is 1. The SMILES string of the molecule is Cn1ncc(CN2CCC(n3cc(C4CC4)nn3)C2)n1. The van der Waals surface area contributed by atoms with Gasteiger partial charge in [-0.05, 0) is 19.3 Å². The van der Waals surface area contributed by atoms with Crippen molar-refractivity contribution in [2.24, 2.45) is 7.05 Å². The van der Waals surface area contributed by atoms with E-state index in [-0.39, 0.29) is 0 Å². The smallest absolute Gasteiger partial charge is 0.0967 e. The largest absolute Gasteiger partial charge is 0.295 e. The van der Waals surface area contributed by atoms with E-state index in [1.165, 1.54) is 18.5 Å². The Labute approximate surface area is 117 Å². The number of nitrogens with zero attached hydrogens (tertiary/aromatic N) is 7. The van der Waals surface area contributed by atoms with E-state index >= 15 is 0 Å². The van der Waals surface area contributed by atoms with Crippen LogP contribution in [0.3, 0.4) is 0 Å².